The van der Waals surface area contributed by atoms with E-state index in [2.05, 4.69) is 34.6 Å². The van der Waals surface area contributed by atoms with Gasteiger partial charge in [-0.05, 0) is 117 Å². The van der Waals surface area contributed by atoms with Crippen LogP contribution in [0.5, 0.6) is 0 Å². The Morgan fingerprint density at radius 3 is 2.05 bits per heavy atom. The van der Waals surface area contributed by atoms with Gasteiger partial charge in [0.25, 0.3) is 0 Å². The van der Waals surface area contributed by atoms with Crippen molar-refractivity contribution in [2.75, 3.05) is 13.2 Å². The second-order valence-corrected chi connectivity index (χ2v) is 22.2. The molecule has 8 aliphatic rings. The van der Waals surface area contributed by atoms with Crippen LogP contribution in [0.2, 0.25) is 0 Å². The molecule has 348 valence electrons. The van der Waals surface area contributed by atoms with Crippen molar-refractivity contribution in [1.82, 2.24) is 0 Å². The summed E-state index contributed by atoms with van der Waals surface area (Å²) in [4.78, 5) is 24.5. The molecule has 0 radical (unpaired) electrons. The molecular formula is C45H72O16. The molecule has 5 aliphatic carbocycles. The van der Waals surface area contributed by atoms with Crippen LogP contribution >= 0.6 is 0 Å². The fourth-order valence-electron chi connectivity index (χ4n) is 15.5. The second kappa shape index (κ2) is 15.3. The van der Waals surface area contributed by atoms with Crippen molar-refractivity contribution in [3.05, 3.63) is 0 Å². The summed E-state index contributed by atoms with van der Waals surface area (Å²) in [5.41, 5.74) is -3.46. The summed E-state index contributed by atoms with van der Waals surface area (Å²) in [5, 5.41) is 77.1. The first-order chi connectivity index (χ1) is 28.3. The number of hydrogen-bond acceptors (Lipinski definition) is 16. The highest BCUT2D eigenvalue weighted by Crippen LogP contribution is 2.89. The van der Waals surface area contributed by atoms with E-state index < -0.39 is 109 Å². The van der Waals surface area contributed by atoms with E-state index in [4.69, 9.17) is 33.2 Å². The zero-order valence-electron chi connectivity index (χ0n) is 37.3. The van der Waals surface area contributed by atoms with Crippen LogP contribution in [0.4, 0.5) is 0 Å². The summed E-state index contributed by atoms with van der Waals surface area (Å²) in [6.07, 6.45) is -7.80. The van der Waals surface area contributed by atoms with Crippen LogP contribution in [0.1, 0.15) is 120 Å². The van der Waals surface area contributed by atoms with Crippen molar-refractivity contribution in [2.45, 2.75) is 211 Å². The summed E-state index contributed by atoms with van der Waals surface area (Å²) >= 11 is 0. The zero-order chi connectivity index (χ0) is 44.6. The minimum atomic E-state index is -1.63. The smallest absolute Gasteiger partial charge is 0.303 e. The topological polar surface area (TPSA) is 240 Å². The lowest BCUT2D eigenvalue weighted by atomic mass is 9.41. The minimum absolute atomic E-state index is 0.0638. The monoisotopic (exact) mass is 868 g/mol. The van der Waals surface area contributed by atoms with Crippen LogP contribution in [0.15, 0.2) is 0 Å². The van der Waals surface area contributed by atoms with Crippen molar-refractivity contribution >= 4 is 11.9 Å². The molecule has 8 fully saturated rings. The Hall–Kier alpha value is -1.54. The first-order valence-electron chi connectivity index (χ1n) is 22.6. The van der Waals surface area contributed by atoms with Gasteiger partial charge < -0.3 is 68.9 Å². The van der Waals surface area contributed by atoms with E-state index in [9.17, 15) is 45.3 Å². The van der Waals surface area contributed by atoms with E-state index in [0.717, 1.165) is 32.1 Å². The zero-order valence-corrected chi connectivity index (χ0v) is 37.3. The van der Waals surface area contributed by atoms with Crippen LogP contribution < -0.4 is 0 Å². The molecule has 21 atom stereocenters. The van der Waals surface area contributed by atoms with Gasteiger partial charge in [0.2, 0.25) is 0 Å². The standard InChI is InChI=1S/C45H72O16/c1-21(47)56-33-24(50)19-55-38(34(33)57-22(2)48)60-28-11-13-45-20-44(45)15-14-41(7)35(43(9)12-10-29(61-43)40(5,6)54)23(49)17-42(41,8)27(44)16-25(36(45)39(28,3)4)58-37-32(53)31(52)30(51)26(18-46)59-37/h23-38,46,49-54H,10-20H2,1-9H3/t23-,24+,25-,26+,27-,28+,29+,30-,31-,32+,33-,34-,35+,36+,37+,38+,41+,42-,43-,44-,45+/m0/s1. The lowest BCUT2D eigenvalue weighted by Gasteiger charge is -2.65. The Kier molecular flexibility index (Phi) is 11.5. The first kappa shape index (κ1) is 46.0. The summed E-state index contributed by atoms with van der Waals surface area (Å²) in [6.45, 7) is 16.1. The third kappa shape index (κ3) is 6.89. The van der Waals surface area contributed by atoms with E-state index >= 15 is 0 Å². The van der Waals surface area contributed by atoms with Crippen LogP contribution in [0, 0.1) is 44.8 Å². The first-order valence-corrected chi connectivity index (χ1v) is 22.6. The lowest BCUT2D eigenvalue weighted by molar-refractivity contribution is -0.339. The second-order valence-electron chi connectivity index (χ2n) is 22.2. The van der Waals surface area contributed by atoms with Crippen molar-refractivity contribution in [2.24, 2.45) is 44.8 Å². The molecule has 0 aromatic rings. The van der Waals surface area contributed by atoms with Gasteiger partial charge >= 0.3 is 11.9 Å². The minimum Gasteiger partial charge on any atom is -0.455 e. The molecule has 3 heterocycles. The van der Waals surface area contributed by atoms with Gasteiger partial charge in [-0.1, -0.05) is 27.7 Å². The maximum absolute atomic E-state index is 12.4. The molecule has 3 aliphatic heterocycles. The van der Waals surface area contributed by atoms with Crippen molar-refractivity contribution < 1.29 is 78.5 Å². The molecule has 0 bridgehead atoms. The van der Waals surface area contributed by atoms with Gasteiger partial charge in [-0.2, -0.15) is 0 Å². The number of aliphatic hydroxyl groups excluding tert-OH is 6. The average Bonchev–Trinajstić information content (AvgIpc) is 3.52. The summed E-state index contributed by atoms with van der Waals surface area (Å²) in [6, 6.07) is 0. The SMILES string of the molecule is CC(=O)O[C@@H]1[C@@H](O[C@@H]2CC[C@]34C[C@]35CC[C@]3(C)[C@H]([C@]6(C)CC[C@H](C(C)(C)O)O6)[C@@H](O)C[C@@]3(C)[C@@H]5C[C@H](O[C@@H]3O[C@H](CO)[C@H](O)[C@H](O)[C@H]3O)[C@@H]4C2(C)C)OC[C@@H](O)[C@@H]1OC(C)=O. The highest BCUT2D eigenvalue weighted by Gasteiger charge is 2.85. The summed E-state index contributed by atoms with van der Waals surface area (Å²) < 4.78 is 43.6. The van der Waals surface area contributed by atoms with Gasteiger partial charge in [-0.3, -0.25) is 9.59 Å². The molecular weight excluding hydrogens is 796 g/mol. The van der Waals surface area contributed by atoms with E-state index in [1.807, 2.05) is 0 Å². The van der Waals surface area contributed by atoms with Crippen LogP contribution in [0.3, 0.4) is 0 Å². The molecule has 7 N–H and O–H groups in total. The van der Waals surface area contributed by atoms with E-state index in [1.165, 1.54) is 13.8 Å². The average molecular weight is 869 g/mol. The Bertz CT molecular complexity index is 1680. The number of carbonyl (C=O) groups is 2. The highest BCUT2D eigenvalue weighted by molar-refractivity contribution is 5.67. The van der Waals surface area contributed by atoms with Crippen LogP contribution in [-0.4, -0.2) is 152 Å². The number of carbonyl (C=O) groups excluding carboxylic acids is 2. The fraction of sp³-hybridized carbons (Fsp3) is 0.956. The quantitative estimate of drug-likeness (QED) is 0.129. The van der Waals surface area contributed by atoms with Gasteiger partial charge in [0.05, 0.1) is 48.8 Å². The van der Waals surface area contributed by atoms with Crippen molar-refractivity contribution in [3.8, 4) is 0 Å². The molecule has 5 saturated carbocycles. The molecule has 0 aromatic heterocycles. The number of ether oxygens (including phenoxy) is 7. The third-order valence-electron chi connectivity index (χ3n) is 18.2. The highest BCUT2D eigenvalue weighted by atomic mass is 16.7. The van der Waals surface area contributed by atoms with Gasteiger partial charge in [-0.15, -0.1) is 0 Å². The Labute approximate surface area is 358 Å². The van der Waals surface area contributed by atoms with E-state index in [-0.39, 0.29) is 52.1 Å². The Morgan fingerprint density at radius 2 is 1.43 bits per heavy atom. The van der Waals surface area contributed by atoms with Crippen LogP contribution in [-0.2, 0) is 42.7 Å². The maximum Gasteiger partial charge on any atom is 0.303 e. The summed E-state index contributed by atoms with van der Waals surface area (Å²) in [5.74, 6) is -1.67. The van der Waals surface area contributed by atoms with Crippen molar-refractivity contribution in [1.29, 1.82) is 0 Å². The van der Waals surface area contributed by atoms with Gasteiger partial charge in [0.1, 0.15) is 30.5 Å². The predicted octanol–water partition coefficient (Wildman–Crippen LogP) is 1.87. The third-order valence-corrected chi connectivity index (χ3v) is 18.2. The molecule has 0 amide bonds. The number of fused-ring (bicyclic) bond motifs is 2. The number of hydrogen-bond donors (Lipinski definition) is 7. The molecule has 3 saturated heterocycles. The largest absolute Gasteiger partial charge is 0.455 e. The van der Waals surface area contributed by atoms with Crippen molar-refractivity contribution in [3.63, 3.8) is 0 Å². The Morgan fingerprint density at radius 1 is 0.754 bits per heavy atom. The predicted molar refractivity (Wildman–Crippen MR) is 213 cm³/mol. The molecule has 16 nitrogen and oxygen atoms in total. The molecule has 0 unspecified atom stereocenters. The van der Waals surface area contributed by atoms with E-state index in [0.29, 0.717) is 25.7 Å². The molecule has 2 spiro atoms. The number of esters is 2. The van der Waals surface area contributed by atoms with E-state index in [1.54, 1.807) is 13.8 Å². The van der Waals surface area contributed by atoms with Gasteiger partial charge in [0, 0.05) is 19.8 Å². The molecule has 8 rings (SSSR count). The maximum atomic E-state index is 12.4. The molecule has 61 heavy (non-hydrogen) atoms. The van der Waals surface area contributed by atoms with Gasteiger partial charge in [-0.25, -0.2) is 0 Å². The molecule has 16 heteroatoms. The normalized spacial score (nSPS) is 53.8. The number of aliphatic hydroxyl groups is 7. The summed E-state index contributed by atoms with van der Waals surface area (Å²) in [7, 11) is 0. The lowest BCUT2D eigenvalue weighted by Crippen LogP contribution is -2.65. The Balaban J connectivity index is 1.15. The number of rotatable bonds is 9. The fourth-order valence-corrected chi connectivity index (χ4v) is 15.5. The van der Waals surface area contributed by atoms with Gasteiger partial charge in [0.15, 0.2) is 24.8 Å². The molecule has 0 aromatic carbocycles. The van der Waals surface area contributed by atoms with Crippen LogP contribution in [0.25, 0.3) is 0 Å².